The third-order valence-corrected chi connectivity index (χ3v) is 5.94. The first-order valence-electron chi connectivity index (χ1n) is 12.0. The van der Waals surface area contributed by atoms with Crippen LogP contribution >= 0.6 is 0 Å². The SMILES string of the molecule is NCCCCCCC(=O)NC(CCc1ccccc1)C(=O)NCCc1c[nH]c2ccccc12. The van der Waals surface area contributed by atoms with Crippen molar-refractivity contribution in [3.8, 4) is 0 Å². The van der Waals surface area contributed by atoms with E-state index in [0.29, 0.717) is 25.9 Å². The lowest BCUT2D eigenvalue weighted by molar-refractivity contribution is -0.129. The second-order valence-corrected chi connectivity index (χ2v) is 8.50. The molecule has 3 aromatic rings. The maximum atomic E-state index is 13.0. The van der Waals surface area contributed by atoms with Gasteiger partial charge in [-0.25, -0.2) is 0 Å². The Labute approximate surface area is 196 Å². The second-order valence-electron chi connectivity index (χ2n) is 8.50. The Morgan fingerprint density at radius 2 is 1.67 bits per heavy atom. The molecule has 0 aliphatic carbocycles. The third-order valence-electron chi connectivity index (χ3n) is 5.94. The molecule has 6 heteroatoms. The maximum absolute atomic E-state index is 13.0. The monoisotopic (exact) mass is 448 g/mol. The number of rotatable bonds is 14. The Morgan fingerprint density at radius 1 is 0.909 bits per heavy atom. The topological polar surface area (TPSA) is 100 Å². The van der Waals surface area contributed by atoms with Crippen molar-refractivity contribution in [2.45, 2.75) is 57.4 Å². The number of carbonyl (C=O) groups is 2. The average Bonchev–Trinajstić information content (AvgIpc) is 3.25. The minimum absolute atomic E-state index is 0.0624. The lowest BCUT2D eigenvalue weighted by atomic mass is 10.0. The molecule has 33 heavy (non-hydrogen) atoms. The molecule has 3 rings (SSSR count). The Hall–Kier alpha value is -3.12. The number of hydrogen-bond acceptors (Lipinski definition) is 3. The molecule has 2 aromatic carbocycles. The van der Waals surface area contributed by atoms with Crippen LogP contribution in [0.4, 0.5) is 0 Å². The van der Waals surface area contributed by atoms with Gasteiger partial charge >= 0.3 is 0 Å². The first kappa shape index (κ1) is 24.5. The largest absolute Gasteiger partial charge is 0.361 e. The first-order valence-corrected chi connectivity index (χ1v) is 12.0. The molecule has 2 amide bonds. The highest BCUT2D eigenvalue weighted by molar-refractivity contribution is 5.87. The summed E-state index contributed by atoms with van der Waals surface area (Å²) >= 11 is 0. The van der Waals surface area contributed by atoms with Gasteiger partial charge in [-0.05, 0) is 55.8 Å². The number of amides is 2. The molecule has 6 nitrogen and oxygen atoms in total. The van der Waals surface area contributed by atoms with E-state index in [1.165, 1.54) is 10.9 Å². The van der Waals surface area contributed by atoms with Crippen molar-refractivity contribution >= 4 is 22.7 Å². The van der Waals surface area contributed by atoms with Crippen molar-refractivity contribution in [2.75, 3.05) is 13.1 Å². The predicted octanol–water partition coefficient (Wildman–Crippen LogP) is 3.85. The summed E-state index contributed by atoms with van der Waals surface area (Å²) < 4.78 is 0. The van der Waals surface area contributed by atoms with Gasteiger partial charge < -0.3 is 21.4 Å². The first-order chi connectivity index (χ1) is 16.2. The number of unbranched alkanes of at least 4 members (excludes halogenated alkanes) is 3. The molecule has 0 aliphatic rings. The molecule has 0 spiro atoms. The van der Waals surface area contributed by atoms with Crippen LogP contribution in [-0.2, 0) is 22.4 Å². The molecule has 1 heterocycles. The molecular weight excluding hydrogens is 412 g/mol. The van der Waals surface area contributed by atoms with Gasteiger partial charge in [0.05, 0.1) is 0 Å². The Morgan fingerprint density at radius 3 is 2.48 bits per heavy atom. The number of para-hydroxylation sites is 1. The van der Waals surface area contributed by atoms with Gasteiger partial charge in [-0.3, -0.25) is 9.59 Å². The van der Waals surface area contributed by atoms with E-state index in [1.54, 1.807) is 0 Å². The maximum Gasteiger partial charge on any atom is 0.242 e. The van der Waals surface area contributed by atoms with Crippen molar-refractivity contribution in [2.24, 2.45) is 5.73 Å². The van der Waals surface area contributed by atoms with Gasteiger partial charge in [0.2, 0.25) is 11.8 Å². The summed E-state index contributed by atoms with van der Waals surface area (Å²) in [7, 11) is 0. The van der Waals surface area contributed by atoms with Crippen LogP contribution < -0.4 is 16.4 Å². The number of aromatic amines is 1. The zero-order valence-corrected chi connectivity index (χ0v) is 19.3. The second kappa shape index (κ2) is 13.4. The van der Waals surface area contributed by atoms with E-state index in [2.05, 4.69) is 21.7 Å². The van der Waals surface area contributed by atoms with E-state index in [9.17, 15) is 9.59 Å². The lowest BCUT2D eigenvalue weighted by Crippen LogP contribution is -2.47. The lowest BCUT2D eigenvalue weighted by Gasteiger charge is -2.19. The molecule has 0 radical (unpaired) electrons. The third kappa shape index (κ3) is 8.06. The van der Waals surface area contributed by atoms with Crippen LogP contribution in [0.5, 0.6) is 0 Å². The molecule has 0 fully saturated rings. The number of fused-ring (bicyclic) bond motifs is 1. The zero-order valence-electron chi connectivity index (χ0n) is 19.3. The van der Waals surface area contributed by atoms with E-state index >= 15 is 0 Å². The van der Waals surface area contributed by atoms with Crippen LogP contribution in [0.25, 0.3) is 10.9 Å². The summed E-state index contributed by atoms with van der Waals surface area (Å²) in [5.41, 5.74) is 8.95. The van der Waals surface area contributed by atoms with Crippen molar-refractivity contribution in [1.82, 2.24) is 15.6 Å². The number of nitrogens with one attached hydrogen (secondary N) is 3. The van der Waals surface area contributed by atoms with Crippen molar-refractivity contribution in [3.63, 3.8) is 0 Å². The van der Waals surface area contributed by atoms with Gasteiger partial charge in [0.15, 0.2) is 0 Å². The van der Waals surface area contributed by atoms with Gasteiger partial charge in [-0.1, -0.05) is 61.4 Å². The van der Waals surface area contributed by atoms with Gasteiger partial charge in [-0.2, -0.15) is 0 Å². The van der Waals surface area contributed by atoms with Crippen LogP contribution in [0.1, 0.15) is 49.7 Å². The molecule has 0 aliphatic heterocycles. The molecule has 1 atom stereocenters. The smallest absolute Gasteiger partial charge is 0.242 e. The molecule has 0 bridgehead atoms. The standard InChI is InChI=1S/C27H36N4O2/c28-18-9-2-1-6-14-26(32)31-25(16-15-21-10-4-3-5-11-21)27(33)29-19-17-22-20-30-24-13-8-7-12-23(22)24/h3-5,7-8,10-13,20,25,30H,1-2,6,9,14-19,28H2,(H,29,33)(H,31,32). The molecule has 0 saturated heterocycles. The molecule has 1 unspecified atom stereocenters. The molecule has 1 aromatic heterocycles. The van der Waals surface area contributed by atoms with Crippen molar-refractivity contribution < 1.29 is 9.59 Å². The minimum Gasteiger partial charge on any atom is -0.361 e. The van der Waals surface area contributed by atoms with Gasteiger partial charge in [0, 0.05) is 30.1 Å². The van der Waals surface area contributed by atoms with E-state index < -0.39 is 6.04 Å². The highest BCUT2D eigenvalue weighted by atomic mass is 16.2. The average molecular weight is 449 g/mol. The van der Waals surface area contributed by atoms with E-state index in [-0.39, 0.29) is 11.8 Å². The predicted molar refractivity (Wildman–Crippen MR) is 134 cm³/mol. The van der Waals surface area contributed by atoms with E-state index in [0.717, 1.165) is 49.6 Å². The van der Waals surface area contributed by atoms with Crippen molar-refractivity contribution in [1.29, 1.82) is 0 Å². The number of aromatic nitrogens is 1. The van der Waals surface area contributed by atoms with Gasteiger partial charge in [0.25, 0.3) is 0 Å². The van der Waals surface area contributed by atoms with Crippen LogP contribution in [0.15, 0.2) is 60.8 Å². The normalized spacial score (nSPS) is 11.9. The Kier molecular flexibility index (Phi) is 9.98. The number of carbonyl (C=O) groups excluding carboxylic acids is 2. The quantitative estimate of drug-likeness (QED) is 0.282. The van der Waals surface area contributed by atoms with E-state index in [4.69, 9.17) is 5.73 Å². The summed E-state index contributed by atoms with van der Waals surface area (Å²) in [6, 6.07) is 17.7. The summed E-state index contributed by atoms with van der Waals surface area (Å²) in [6.07, 6.45) is 8.30. The molecule has 176 valence electrons. The fourth-order valence-electron chi connectivity index (χ4n) is 4.06. The number of nitrogens with two attached hydrogens (primary N) is 1. The minimum atomic E-state index is -0.537. The van der Waals surface area contributed by atoms with E-state index in [1.807, 2.05) is 54.7 Å². The van der Waals surface area contributed by atoms with Crippen molar-refractivity contribution in [3.05, 3.63) is 71.9 Å². The summed E-state index contributed by atoms with van der Waals surface area (Å²) in [5, 5.41) is 7.18. The van der Waals surface area contributed by atoms with Gasteiger partial charge in [-0.15, -0.1) is 0 Å². The number of aryl methyl sites for hydroxylation is 1. The highest BCUT2D eigenvalue weighted by Gasteiger charge is 2.20. The molecule has 0 saturated carbocycles. The van der Waals surface area contributed by atoms with Crippen LogP contribution in [0, 0.1) is 0 Å². The molecular formula is C27H36N4O2. The Bertz CT molecular complexity index is 1000. The number of hydrogen-bond donors (Lipinski definition) is 4. The zero-order chi connectivity index (χ0) is 23.3. The number of H-pyrrole nitrogens is 1. The van der Waals surface area contributed by atoms with Crippen LogP contribution in [-0.4, -0.2) is 35.9 Å². The number of benzene rings is 2. The van der Waals surface area contributed by atoms with Crippen LogP contribution in [0.3, 0.4) is 0 Å². The summed E-state index contributed by atoms with van der Waals surface area (Å²) in [5.74, 6) is -0.185. The Balaban J connectivity index is 1.52. The highest BCUT2D eigenvalue weighted by Crippen LogP contribution is 2.17. The fraction of sp³-hybridized carbons (Fsp3) is 0.407. The van der Waals surface area contributed by atoms with Crippen LogP contribution in [0.2, 0.25) is 0 Å². The summed E-state index contributed by atoms with van der Waals surface area (Å²) in [6.45, 7) is 1.21. The fourth-order valence-corrected chi connectivity index (χ4v) is 4.06. The summed E-state index contributed by atoms with van der Waals surface area (Å²) in [4.78, 5) is 28.7. The van der Waals surface area contributed by atoms with Gasteiger partial charge in [0.1, 0.15) is 6.04 Å². The molecule has 5 N–H and O–H groups in total.